The zero-order valence-corrected chi connectivity index (χ0v) is 13.3. The van der Waals surface area contributed by atoms with Crippen LogP contribution in [0.2, 0.25) is 0 Å². The van der Waals surface area contributed by atoms with Gasteiger partial charge in [-0.1, -0.05) is 32.0 Å². The maximum atomic E-state index is 12.4. The van der Waals surface area contributed by atoms with Gasteiger partial charge < -0.3 is 10.2 Å². The summed E-state index contributed by atoms with van der Waals surface area (Å²) in [6.45, 7) is 4.83. The highest BCUT2D eigenvalue weighted by Crippen LogP contribution is 2.33. The second-order valence-corrected chi connectivity index (χ2v) is 6.56. The third kappa shape index (κ3) is 3.01. The molecule has 2 aliphatic rings. The van der Waals surface area contributed by atoms with Crippen LogP contribution in [0.25, 0.3) is 0 Å². The summed E-state index contributed by atoms with van der Waals surface area (Å²) in [7, 11) is 0. The molecule has 118 valence electrons. The van der Waals surface area contributed by atoms with Crippen LogP contribution in [0.3, 0.4) is 0 Å². The van der Waals surface area contributed by atoms with E-state index in [1.807, 2.05) is 18.2 Å². The van der Waals surface area contributed by atoms with Gasteiger partial charge in [-0.05, 0) is 36.8 Å². The molecule has 22 heavy (non-hydrogen) atoms. The minimum atomic E-state index is -0.210. The lowest BCUT2D eigenvalue weighted by atomic mass is 9.96. The number of nitrogens with one attached hydrogen (secondary N) is 1. The molecule has 0 radical (unpaired) electrons. The highest BCUT2D eigenvalue weighted by atomic mass is 16.2. The summed E-state index contributed by atoms with van der Waals surface area (Å²) < 4.78 is 0. The van der Waals surface area contributed by atoms with Crippen molar-refractivity contribution in [1.29, 1.82) is 0 Å². The number of benzene rings is 1. The van der Waals surface area contributed by atoms with Crippen LogP contribution in [-0.2, 0) is 9.59 Å². The monoisotopic (exact) mass is 300 g/mol. The van der Waals surface area contributed by atoms with Crippen molar-refractivity contribution in [2.24, 2.45) is 5.92 Å². The standard InChI is InChI=1S/C18H24N2O2/c1-3-12(2)15-6-4-5-7-16(15)20-11-13(10-17(20)21)18(22)19-14-8-9-14/h4-7,12-14H,3,8-11H2,1-2H3,(H,19,22)/t12-,13+/m1/s1. The molecule has 2 amide bonds. The maximum Gasteiger partial charge on any atom is 0.227 e. The smallest absolute Gasteiger partial charge is 0.227 e. The van der Waals surface area contributed by atoms with E-state index < -0.39 is 0 Å². The molecule has 0 bridgehead atoms. The van der Waals surface area contributed by atoms with Crippen molar-refractivity contribution in [3.8, 4) is 0 Å². The Balaban J connectivity index is 1.77. The minimum Gasteiger partial charge on any atom is -0.353 e. The number of rotatable bonds is 5. The first-order chi connectivity index (χ1) is 10.6. The van der Waals surface area contributed by atoms with E-state index >= 15 is 0 Å². The van der Waals surface area contributed by atoms with Gasteiger partial charge in [0.1, 0.15) is 0 Å². The van der Waals surface area contributed by atoms with Gasteiger partial charge in [0, 0.05) is 24.7 Å². The van der Waals surface area contributed by atoms with Crippen molar-refractivity contribution >= 4 is 17.5 Å². The molecular weight excluding hydrogens is 276 g/mol. The van der Waals surface area contributed by atoms with Gasteiger partial charge in [-0.25, -0.2) is 0 Å². The Morgan fingerprint density at radius 1 is 1.36 bits per heavy atom. The SMILES string of the molecule is CC[C@@H](C)c1ccccc1N1C[C@@H](C(=O)NC2CC2)CC1=O. The normalized spacial score (nSPS) is 22.7. The molecule has 1 N–H and O–H groups in total. The third-order valence-electron chi connectivity index (χ3n) is 4.79. The molecule has 4 heteroatoms. The summed E-state index contributed by atoms with van der Waals surface area (Å²) in [5.74, 6) is 0.299. The van der Waals surface area contributed by atoms with Gasteiger partial charge in [0.05, 0.1) is 5.92 Å². The number of carbonyl (C=O) groups is 2. The minimum absolute atomic E-state index is 0.0411. The number of anilines is 1. The predicted octanol–water partition coefficient (Wildman–Crippen LogP) is 2.83. The number of hydrogen-bond acceptors (Lipinski definition) is 2. The van der Waals surface area contributed by atoms with Crippen molar-refractivity contribution in [2.75, 3.05) is 11.4 Å². The van der Waals surface area contributed by atoms with E-state index in [0.717, 1.165) is 24.9 Å². The molecule has 1 saturated heterocycles. The number of hydrogen-bond donors (Lipinski definition) is 1. The van der Waals surface area contributed by atoms with Crippen molar-refractivity contribution in [3.63, 3.8) is 0 Å². The lowest BCUT2D eigenvalue weighted by Gasteiger charge is -2.23. The quantitative estimate of drug-likeness (QED) is 0.909. The topological polar surface area (TPSA) is 49.4 Å². The van der Waals surface area contributed by atoms with E-state index in [4.69, 9.17) is 0 Å². The van der Waals surface area contributed by atoms with Gasteiger partial charge >= 0.3 is 0 Å². The molecular formula is C18H24N2O2. The van der Waals surface area contributed by atoms with Crippen molar-refractivity contribution < 1.29 is 9.59 Å². The average molecular weight is 300 g/mol. The first-order valence-electron chi connectivity index (χ1n) is 8.29. The molecule has 1 aromatic carbocycles. The molecule has 1 saturated carbocycles. The van der Waals surface area contributed by atoms with Crippen LogP contribution in [-0.4, -0.2) is 24.4 Å². The van der Waals surface area contributed by atoms with Crippen molar-refractivity contribution in [1.82, 2.24) is 5.32 Å². The van der Waals surface area contributed by atoms with Gasteiger partial charge in [-0.15, -0.1) is 0 Å². The maximum absolute atomic E-state index is 12.4. The van der Waals surface area contributed by atoms with Gasteiger partial charge in [0.25, 0.3) is 0 Å². The van der Waals surface area contributed by atoms with Gasteiger partial charge in [0.15, 0.2) is 0 Å². The Kier molecular flexibility index (Phi) is 4.19. The molecule has 1 heterocycles. The van der Waals surface area contributed by atoms with E-state index in [1.54, 1.807) is 4.90 Å². The van der Waals surface area contributed by atoms with Crippen LogP contribution in [0, 0.1) is 5.92 Å². The van der Waals surface area contributed by atoms with E-state index in [-0.39, 0.29) is 17.7 Å². The zero-order valence-electron chi connectivity index (χ0n) is 13.3. The largest absolute Gasteiger partial charge is 0.353 e. The first-order valence-corrected chi connectivity index (χ1v) is 8.29. The van der Waals surface area contributed by atoms with Crippen LogP contribution in [0.15, 0.2) is 24.3 Å². The first kappa shape index (κ1) is 15.1. The fraction of sp³-hybridized carbons (Fsp3) is 0.556. The Morgan fingerprint density at radius 2 is 2.09 bits per heavy atom. The molecule has 3 rings (SSSR count). The Morgan fingerprint density at radius 3 is 2.77 bits per heavy atom. The molecule has 0 unspecified atom stereocenters. The molecule has 2 atom stereocenters. The predicted molar refractivity (Wildman–Crippen MR) is 86.8 cm³/mol. The number of amides is 2. The molecule has 0 spiro atoms. The van der Waals surface area contributed by atoms with Gasteiger partial charge in [-0.3, -0.25) is 9.59 Å². The van der Waals surface area contributed by atoms with Gasteiger partial charge in [0.2, 0.25) is 11.8 Å². The lowest BCUT2D eigenvalue weighted by molar-refractivity contribution is -0.126. The number of para-hydroxylation sites is 1. The number of nitrogens with zero attached hydrogens (tertiary/aromatic N) is 1. The third-order valence-corrected chi connectivity index (χ3v) is 4.79. The molecule has 2 fully saturated rings. The molecule has 4 nitrogen and oxygen atoms in total. The fourth-order valence-electron chi connectivity index (χ4n) is 3.03. The number of carbonyl (C=O) groups excluding carboxylic acids is 2. The van der Waals surface area contributed by atoms with Crippen molar-refractivity contribution in [2.45, 2.75) is 51.5 Å². The Bertz CT molecular complexity index is 580. The van der Waals surface area contributed by atoms with E-state index in [1.165, 1.54) is 5.56 Å². The summed E-state index contributed by atoms with van der Waals surface area (Å²) in [5.41, 5.74) is 2.17. The molecule has 1 aliphatic carbocycles. The summed E-state index contributed by atoms with van der Waals surface area (Å²) >= 11 is 0. The second kappa shape index (κ2) is 6.11. The van der Waals surface area contributed by atoms with Crippen LogP contribution >= 0.6 is 0 Å². The highest BCUT2D eigenvalue weighted by Gasteiger charge is 2.37. The molecule has 0 aromatic heterocycles. The van der Waals surface area contributed by atoms with Crippen LogP contribution in [0.1, 0.15) is 51.0 Å². The summed E-state index contributed by atoms with van der Waals surface area (Å²) in [5, 5.41) is 3.02. The van der Waals surface area contributed by atoms with E-state index in [0.29, 0.717) is 24.9 Å². The summed E-state index contributed by atoms with van der Waals surface area (Å²) in [6.07, 6.45) is 3.51. The summed E-state index contributed by atoms with van der Waals surface area (Å²) in [6, 6.07) is 8.42. The highest BCUT2D eigenvalue weighted by molar-refractivity contribution is 6.01. The lowest BCUT2D eigenvalue weighted by Crippen LogP contribution is -2.34. The van der Waals surface area contributed by atoms with E-state index in [2.05, 4.69) is 25.2 Å². The van der Waals surface area contributed by atoms with Crippen molar-refractivity contribution in [3.05, 3.63) is 29.8 Å². The average Bonchev–Trinajstić information content (AvgIpc) is 3.26. The fourth-order valence-corrected chi connectivity index (χ4v) is 3.03. The van der Waals surface area contributed by atoms with E-state index in [9.17, 15) is 9.59 Å². The molecule has 1 aromatic rings. The second-order valence-electron chi connectivity index (χ2n) is 6.56. The summed E-state index contributed by atoms with van der Waals surface area (Å²) in [4.78, 5) is 26.4. The zero-order chi connectivity index (χ0) is 15.7. The van der Waals surface area contributed by atoms with Crippen LogP contribution in [0.5, 0.6) is 0 Å². The van der Waals surface area contributed by atoms with Crippen LogP contribution in [0.4, 0.5) is 5.69 Å². The molecule has 1 aliphatic heterocycles. The Labute approximate surface area is 131 Å². The van der Waals surface area contributed by atoms with Gasteiger partial charge in [-0.2, -0.15) is 0 Å². The Hall–Kier alpha value is -1.84. The van der Waals surface area contributed by atoms with Crippen LogP contribution < -0.4 is 10.2 Å².